The van der Waals surface area contributed by atoms with Crippen LogP contribution in [-0.4, -0.2) is 31.2 Å². The van der Waals surface area contributed by atoms with E-state index in [1.165, 1.54) is 5.38 Å². The van der Waals surface area contributed by atoms with Crippen molar-refractivity contribution in [2.45, 2.75) is 10.3 Å². The third-order valence-electron chi connectivity index (χ3n) is 2.77. The fraction of sp³-hybridized carbons (Fsp3) is 0.154. The minimum Gasteiger partial charge on any atom is -0.478 e. The predicted octanol–water partition coefficient (Wildman–Crippen LogP) is 1.46. The van der Waals surface area contributed by atoms with Crippen molar-refractivity contribution in [1.82, 2.24) is 4.72 Å². The summed E-state index contributed by atoms with van der Waals surface area (Å²) in [6.45, 7) is -0.402. The lowest BCUT2D eigenvalue weighted by Crippen LogP contribution is -2.30. The van der Waals surface area contributed by atoms with Gasteiger partial charge < -0.3 is 10.2 Å². The molecular formula is C13H13NO5S2. The van der Waals surface area contributed by atoms with Gasteiger partial charge >= 0.3 is 5.97 Å². The molecule has 1 heterocycles. The first kappa shape index (κ1) is 15.6. The van der Waals surface area contributed by atoms with Crippen LogP contribution in [0, 0.1) is 0 Å². The quantitative estimate of drug-likeness (QED) is 0.745. The topological polar surface area (TPSA) is 104 Å². The average Bonchev–Trinajstić information content (AvgIpc) is 2.96. The Kier molecular flexibility index (Phi) is 4.73. The molecule has 3 N–H and O–H groups in total. The smallest absolute Gasteiger partial charge is 0.336 e. The van der Waals surface area contributed by atoms with Crippen molar-refractivity contribution in [1.29, 1.82) is 0 Å². The molecule has 0 saturated heterocycles. The van der Waals surface area contributed by atoms with Gasteiger partial charge in [0.2, 0.25) is 0 Å². The monoisotopic (exact) mass is 327 g/mol. The van der Waals surface area contributed by atoms with E-state index in [1.807, 2.05) is 0 Å². The Bertz CT molecular complexity index is 724. The Balaban J connectivity index is 2.25. The Morgan fingerprint density at radius 2 is 1.95 bits per heavy atom. The number of hydrogen-bond donors (Lipinski definition) is 3. The largest absolute Gasteiger partial charge is 0.478 e. The molecule has 1 aromatic carbocycles. The van der Waals surface area contributed by atoms with Crippen LogP contribution in [0.5, 0.6) is 0 Å². The molecule has 1 aromatic heterocycles. The van der Waals surface area contributed by atoms with Crippen LogP contribution in [0.2, 0.25) is 0 Å². The summed E-state index contributed by atoms with van der Waals surface area (Å²) in [5.74, 6) is -1.19. The van der Waals surface area contributed by atoms with Crippen molar-refractivity contribution in [2.75, 3.05) is 6.61 Å². The van der Waals surface area contributed by atoms with Crippen molar-refractivity contribution in [3.05, 3.63) is 52.9 Å². The minimum absolute atomic E-state index is 0.0827. The van der Waals surface area contributed by atoms with Crippen LogP contribution in [-0.2, 0) is 10.0 Å². The molecule has 6 nitrogen and oxygen atoms in total. The average molecular weight is 327 g/mol. The van der Waals surface area contributed by atoms with Gasteiger partial charge in [0.25, 0.3) is 10.0 Å². The number of aliphatic hydroxyl groups is 1. The maximum atomic E-state index is 12.2. The first-order chi connectivity index (χ1) is 9.94. The second-order valence-corrected chi connectivity index (χ2v) is 7.08. The highest BCUT2D eigenvalue weighted by Gasteiger charge is 2.23. The number of thiophene rings is 1. The first-order valence-corrected chi connectivity index (χ1v) is 8.30. The van der Waals surface area contributed by atoms with Crippen molar-refractivity contribution in [3.63, 3.8) is 0 Å². The van der Waals surface area contributed by atoms with Gasteiger partial charge in [-0.2, -0.15) is 0 Å². The highest BCUT2D eigenvalue weighted by Crippen LogP contribution is 2.23. The molecule has 1 atom stereocenters. The summed E-state index contributed by atoms with van der Waals surface area (Å²) in [6.07, 6.45) is 0. The van der Waals surface area contributed by atoms with Crippen molar-refractivity contribution in [3.8, 4) is 0 Å². The molecule has 112 valence electrons. The molecule has 0 fully saturated rings. The molecule has 2 aromatic rings. The zero-order valence-electron chi connectivity index (χ0n) is 10.8. The van der Waals surface area contributed by atoms with Gasteiger partial charge in [0, 0.05) is 5.38 Å². The molecule has 0 amide bonds. The lowest BCUT2D eigenvalue weighted by atomic mass is 10.1. The van der Waals surface area contributed by atoms with E-state index in [2.05, 4.69) is 4.72 Å². The number of rotatable bonds is 6. The van der Waals surface area contributed by atoms with Crippen LogP contribution in [0.1, 0.15) is 22.0 Å². The number of sulfonamides is 1. The van der Waals surface area contributed by atoms with Crippen LogP contribution >= 0.6 is 11.3 Å². The molecule has 21 heavy (non-hydrogen) atoms. The number of carboxylic acids is 1. The molecular weight excluding hydrogens is 314 g/mol. The lowest BCUT2D eigenvalue weighted by molar-refractivity contribution is 0.0697. The van der Waals surface area contributed by atoms with Crippen LogP contribution < -0.4 is 4.72 Å². The highest BCUT2D eigenvalue weighted by atomic mass is 32.2. The normalized spacial score (nSPS) is 13.0. The van der Waals surface area contributed by atoms with Crippen molar-refractivity contribution >= 4 is 27.3 Å². The van der Waals surface area contributed by atoms with Crippen LogP contribution in [0.3, 0.4) is 0 Å². The molecule has 8 heteroatoms. The van der Waals surface area contributed by atoms with E-state index >= 15 is 0 Å². The summed E-state index contributed by atoms with van der Waals surface area (Å²) in [5.41, 5.74) is 0.541. The van der Waals surface area contributed by atoms with Crippen LogP contribution in [0.4, 0.5) is 0 Å². The summed E-state index contributed by atoms with van der Waals surface area (Å²) in [4.78, 5) is 10.8. The molecule has 1 unspecified atom stereocenters. The van der Waals surface area contributed by atoms with E-state index in [0.29, 0.717) is 5.56 Å². The molecule has 0 spiro atoms. The Labute approximate surface area is 125 Å². The lowest BCUT2D eigenvalue weighted by Gasteiger charge is -2.16. The van der Waals surface area contributed by atoms with Gasteiger partial charge in [-0.25, -0.2) is 17.9 Å². The highest BCUT2D eigenvalue weighted by molar-refractivity contribution is 7.91. The number of carboxylic acid groups (broad SMARTS) is 1. The van der Waals surface area contributed by atoms with Crippen molar-refractivity contribution in [2.24, 2.45) is 0 Å². The Hall–Kier alpha value is -1.74. The zero-order chi connectivity index (χ0) is 15.5. The van der Waals surface area contributed by atoms with E-state index in [4.69, 9.17) is 5.11 Å². The van der Waals surface area contributed by atoms with Gasteiger partial charge in [0.15, 0.2) is 0 Å². The summed E-state index contributed by atoms with van der Waals surface area (Å²) in [7, 11) is -3.89. The fourth-order valence-electron chi connectivity index (χ4n) is 1.71. The third kappa shape index (κ3) is 3.67. The molecule has 0 radical (unpaired) electrons. The summed E-state index contributed by atoms with van der Waals surface area (Å²) in [5, 5.41) is 19.4. The van der Waals surface area contributed by atoms with E-state index in [-0.39, 0.29) is 9.77 Å². The van der Waals surface area contributed by atoms with Crippen LogP contribution in [0.15, 0.2) is 46.0 Å². The van der Waals surface area contributed by atoms with Gasteiger partial charge in [0.05, 0.1) is 18.2 Å². The molecule has 0 aliphatic carbocycles. The maximum absolute atomic E-state index is 12.2. The van der Waals surface area contributed by atoms with Crippen LogP contribution in [0.25, 0.3) is 0 Å². The fourth-order valence-corrected chi connectivity index (χ4v) is 4.10. The summed E-state index contributed by atoms with van der Waals surface area (Å²) >= 11 is 0.820. The van der Waals surface area contributed by atoms with Gasteiger partial charge in [-0.15, -0.1) is 11.3 Å². The second kappa shape index (κ2) is 6.35. The molecule has 0 bridgehead atoms. The first-order valence-electron chi connectivity index (χ1n) is 5.94. The van der Waals surface area contributed by atoms with Gasteiger partial charge in [-0.05, 0) is 11.6 Å². The van der Waals surface area contributed by atoms with Gasteiger partial charge in [-0.1, -0.05) is 30.3 Å². The van der Waals surface area contributed by atoms with E-state index in [0.717, 1.165) is 17.4 Å². The van der Waals surface area contributed by atoms with Crippen molar-refractivity contribution < 1.29 is 23.4 Å². The van der Waals surface area contributed by atoms with Gasteiger partial charge in [0.1, 0.15) is 4.21 Å². The molecule has 0 saturated carbocycles. The van der Waals surface area contributed by atoms with Gasteiger partial charge in [-0.3, -0.25) is 0 Å². The SMILES string of the molecule is O=C(O)c1csc(S(=O)(=O)NC(CO)c2ccccc2)c1. The number of benzene rings is 1. The number of nitrogens with one attached hydrogen (secondary N) is 1. The molecule has 0 aliphatic rings. The molecule has 2 rings (SSSR count). The zero-order valence-corrected chi connectivity index (χ0v) is 12.4. The standard InChI is InChI=1S/C13H13NO5S2/c15-7-11(9-4-2-1-3-5-9)14-21(18,19)12-6-10(8-20-12)13(16)17/h1-6,8,11,14-15H,7H2,(H,16,17). The summed E-state index contributed by atoms with van der Waals surface area (Å²) < 4.78 is 26.7. The van der Waals surface area contributed by atoms with E-state index in [1.54, 1.807) is 30.3 Å². The van der Waals surface area contributed by atoms with E-state index < -0.39 is 28.6 Å². The number of carbonyl (C=O) groups is 1. The maximum Gasteiger partial charge on any atom is 0.336 e. The third-order valence-corrected chi connectivity index (χ3v) is 5.68. The number of aliphatic hydroxyl groups excluding tert-OH is 1. The summed E-state index contributed by atoms with van der Waals surface area (Å²) in [6, 6.07) is 8.95. The van der Waals surface area contributed by atoms with E-state index in [9.17, 15) is 18.3 Å². The molecule has 0 aliphatic heterocycles. The Morgan fingerprint density at radius 1 is 1.29 bits per heavy atom. The number of hydrogen-bond acceptors (Lipinski definition) is 5. The Morgan fingerprint density at radius 3 is 2.48 bits per heavy atom. The number of aromatic carboxylic acids is 1. The predicted molar refractivity (Wildman–Crippen MR) is 77.9 cm³/mol. The second-order valence-electron chi connectivity index (χ2n) is 4.23. The minimum atomic E-state index is -3.89.